The Bertz CT molecular complexity index is 535. The number of fused-ring (bicyclic) bond motifs is 1. The molecule has 15 heavy (non-hydrogen) atoms. The number of anilines is 1. The molecule has 1 aromatic heterocycles. The minimum atomic E-state index is 0.215. The van der Waals surface area contributed by atoms with E-state index in [0.29, 0.717) is 5.95 Å². The Morgan fingerprint density at radius 1 is 1.40 bits per heavy atom. The van der Waals surface area contributed by atoms with E-state index < -0.39 is 0 Å². The summed E-state index contributed by atoms with van der Waals surface area (Å²) in [6.07, 6.45) is 2.41. The molecule has 78 valence electrons. The van der Waals surface area contributed by atoms with Gasteiger partial charge in [0.1, 0.15) is 0 Å². The van der Waals surface area contributed by atoms with Crippen LogP contribution in [0.3, 0.4) is 0 Å². The number of hydrogen-bond acceptors (Lipinski definition) is 2. The van der Waals surface area contributed by atoms with Crippen LogP contribution in [0.4, 0.5) is 5.95 Å². The predicted octanol–water partition coefficient (Wildman–Crippen LogP) is 2.44. The molecule has 2 N–H and O–H groups in total. The third-order valence-corrected chi connectivity index (χ3v) is 3.43. The van der Waals surface area contributed by atoms with Crippen molar-refractivity contribution in [3.8, 4) is 0 Å². The van der Waals surface area contributed by atoms with E-state index in [0.717, 1.165) is 5.52 Å². The van der Waals surface area contributed by atoms with Crippen LogP contribution in [-0.4, -0.2) is 9.55 Å². The fourth-order valence-electron chi connectivity index (χ4n) is 2.23. The summed E-state index contributed by atoms with van der Waals surface area (Å²) in [5.41, 5.74) is 9.63. The average molecular weight is 201 g/mol. The molecule has 1 aliphatic rings. The van der Waals surface area contributed by atoms with Gasteiger partial charge in [-0.25, -0.2) is 4.98 Å². The van der Waals surface area contributed by atoms with E-state index in [4.69, 9.17) is 5.73 Å². The highest BCUT2D eigenvalue weighted by Gasteiger charge is 2.41. The van der Waals surface area contributed by atoms with E-state index in [-0.39, 0.29) is 5.54 Å². The molecule has 3 nitrogen and oxygen atoms in total. The lowest BCUT2D eigenvalue weighted by Gasteiger charge is -2.13. The van der Waals surface area contributed by atoms with E-state index in [1.165, 1.54) is 23.9 Å². The predicted molar refractivity (Wildman–Crippen MR) is 61.8 cm³/mol. The van der Waals surface area contributed by atoms with Crippen molar-refractivity contribution in [1.82, 2.24) is 9.55 Å². The summed E-state index contributed by atoms with van der Waals surface area (Å²) in [7, 11) is 0. The molecule has 0 unspecified atom stereocenters. The first-order valence-electron chi connectivity index (χ1n) is 5.36. The Balaban J connectivity index is 2.38. The van der Waals surface area contributed by atoms with Gasteiger partial charge in [-0.15, -0.1) is 0 Å². The van der Waals surface area contributed by atoms with Crippen LogP contribution in [0.5, 0.6) is 0 Å². The summed E-state index contributed by atoms with van der Waals surface area (Å²) >= 11 is 0. The second-order valence-electron chi connectivity index (χ2n) is 4.74. The zero-order valence-electron chi connectivity index (χ0n) is 9.12. The molecule has 1 heterocycles. The minimum Gasteiger partial charge on any atom is -0.369 e. The maximum absolute atomic E-state index is 6.00. The standard InChI is InChI=1S/C12H15N3/c1-8-4-3-5-9-10(8)14-11(13)15(9)12(2)6-7-12/h3-5H,6-7H2,1-2H3,(H2,13,14). The van der Waals surface area contributed by atoms with Gasteiger partial charge >= 0.3 is 0 Å². The molecule has 0 spiro atoms. The Hall–Kier alpha value is -1.51. The van der Waals surface area contributed by atoms with E-state index in [1.807, 2.05) is 0 Å². The third kappa shape index (κ3) is 1.09. The van der Waals surface area contributed by atoms with Crippen LogP contribution in [0.1, 0.15) is 25.3 Å². The maximum Gasteiger partial charge on any atom is 0.201 e. The third-order valence-electron chi connectivity index (χ3n) is 3.43. The summed E-state index contributed by atoms with van der Waals surface area (Å²) in [6, 6.07) is 6.25. The number of para-hydroxylation sites is 1. The molecule has 2 aromatic rings. The molecular weight excluding hydrogens is 186 g/mol. The Kier molecular flexibility index (Phi) is 1.48. The minimum absolute atomic E-state index is 0.215. The van der Waals surface area contributed by atoms with E-state index >= 15 is 0 Å². The zero-order chi connectivity index (χ0) is 10.6. The molecule has 1 aromatic carbocycles. The van der Waals surface area contributed by atoms with E-state index in [2.05, 4.69) is 41.6 Å². The van der Waals surface area contributed by atoms with Crippen molar-refractivity contribution in [2.45, 2.75) is 32.2 Å². The van der Waals surface area contributed by atoms with Crippen molar-refractivity contribution in [3.05, 3.63) is 23.8 Å². The summed E-state index contributed by atoms with van der Waals surface area (Å²) in [5, 5.41) is 0. The highest BCUT2D eigenvalue weighted by molar-refractivity contribution is 5.82. The van der Waals surface area contributed by atoms with Gasteiger partial charge in [-0.3, -0.25) is 0 Å². The quantitative estimate of drug-likeness (QED) is 0.770. The molecule has 0 amide bonds. The van der Waals surface area contributed by atoms with Gasteiger partial charge in [0.05, 0.1) is 11.0 Å². The van der Waals surface area contributed by atoms with E-state index in [1.54, 1.807) is 0 Å². The molecule has 0 bridgehead atoms. The van der Waals surface area contributed by atoms with Gasteiger partial charge in [0.2, 0.25) is 5.95 Å². The van der Waals surface area contributed by atoms with Gasteiger partial charge < -0.3 is 10.3 Å². The number of aryl methyl sites for hydroxylation is 1. The van der Waals surface area contributed by atoms with Crippen molar-refractivity contribution in [1.29, 1.82) is 0 Å². The summed E-state index contributed by atoms with van der Waals surface area (Å²) in [5.74, 6) is 0.652. The number of nitrogen functional groups attached to an aromatic ring is 1. The molecule has 1 aliphatic carbocycles. The lowest BCUT2D eigenvalue weighted by Crippen LogP contribution is -2.14. The van der Waals surface area contributed by atoms with Crippen molar-refractivity contribution in [2.75, 3.05) is 5.73 Å². The van der Waals surface area contributed by atoms with Crippen LogP contribution in [-0.2, 0) is 5.54 Å². The number of imidazole rings is 1. The number of aromatic nitrogens is 2. The largest absolute Gasteiger partial charge is 0.369 e. The fraction of sp³-hybridized carbons (Fsp3) is 0.417. The molecule has 0 aliphatic heterocycles. The second-order valence-corrected chi connectivity index (χ2v) is 4.74. The lowest BCUT2D eigenvalue weighted by atomic mass is 10.2. The van der Waals surface area contributed by atoms with Crippen LogP contribution in [0.2, 0.25) is 0 Å². The van der Waals surface area contributed by atoms with Gasteiger partial charge in [0.25, 0.3) is 0 Å². The summed E-state index contributed by atoms with van der Waals surface area (Å²) < 4.78 is 2.19. The fourth-order valence-corrected chi connectivity index (χ4v) is 2.23. The van der Waals surface area contributed by atoms with Crippen molar-refractivity contribution < 1.29 is 0 Å². The van der Waals surface area contributed by atoms with Crippen LogP contribution in [0.25, 0.3) is 11.0 Å². The molecule has 0 atom stereocenters. The monoisotopic (exact) mass is 201 g/mol. The van der Waals surface area contributed by atoms with Gasteiger partial charge in [-0.05, 0) is 38.3 Å². The number of benzene rings is 1. The van der Waals surface area contributed by atoms with Crippen LogP contribution in [0, 0.1) is 6.92 Å². The highest BCUT2D eigenvalue weighted by Crippen LogP contribution is 2.46. The van der Waals surface area contributed by atoms with Crippen LogP contribution >= 0.6 is 0 Å². The van der Waals surface area contributed by atoms with Gasteiger partial charge in [-0.1, -0.05) is 12.1 Å². The van der Waals surface area contributed by atoms with Gasteiger partial charge in [-0.2, -0.15) is 0 Å². The zero-order valence-corrected chi connectivity index (χ0v) is 9.12. The van der Waals surface area contributed by atoms with Gasteiger partial charge in [0, 0.05) is 5.54 Å². The van der Waals surface area contributed by atoms with E-state index in [9.17, 15) is 0 Å². The molecular formula is C12H15N3. The molecule has 0 saturated heterocycles. The SMILES string of the molecule is Cc1cccc2c1nc(N)n2C1(C)CC1. The first kappa shape index (κ1) is 8.77. The summed E-state index contributed by atoms with van der Waals surface area (Å²) in [6.45, 7) is 4.32. The summed E-state index contributed by atoms with van der Waals surface area (Å²) in [4.78, 5) is 4.46. The molecule has 3 rings (SSSR count). The first-order chi connectivity index (χ1) is 7.12. The number of rotatable bonds is 1. The maximum atomic E-state index is 6.00. The van der Waals surface area contributed by atoms with Crippen LogP contribution < -0.4 is 5.73 Å². The lowest BCUT2D eigenvalue weighted by molar-refractivity contribution is 0.557. The number of nitrogens with two attached hydrogens (primary N) is 1. The average Bonchev–Trinajstić information content (AvgIpc) is 2.80. The molecule has 0 radical (unpaired) electrons. The van der Waals surface area contributed by atoms with Crippen molar-refractivity contribution in [2.24, 2.45) is 0 Å². The molecule has 3 heteroatoms. The number of nitrogens with zero attached hydrogens (tertiary/aromatic N) is 2. The smallest absolute Gasteiger partial charge is 0.201 e. The number of hydrogen-bond donors (Lipinski definition) is 1. The van der Waals surface area contributed by atoms with Gasteiger partial charge in [0.15, 0.2) is 0 Å². The Morgan fingerprint density at radius 3 is 2.80 bits per heavy atom. The Morgan fingerprint density at radius 2 is 2.13 bits per heavy atom. The molecule has 1 saturated carbocycles. The first-order valence-corrected chi connectivity index (χ1v) is 5.36. The normalized spacial score (nSPS) is 18.3. The highest BCUT2D eigenvalue weighted by atomic mass is 15.2. The van der Waals surface area contributed by atoms with Crippen molar-refractivity contribution >= 4 is 17.0 Å². The van der Waals surface area contributed by atoms with Crippen molar-refractivity contribution in [3.63, 3.8) is 0 Å². The van der Waals surface area contributed by atoms with Crippen LogP contribution in [0.15, 0.2) is 18.2 Å². The second kappa shape index (κ2) is 2.54. The topological polar surface area (TPSA) is 43.8 Å². The molecule has 1 fully saturated rings. The Labute approximate surface area is 88.9 Å².